The molecule has 0 spiro atoms. The van der Waals surface area contributed by atoms with Crippen LogP contribution in [0.15, 0.2) is 33.1 Å². The summed E-state index contributed by atoms with van der Waals surface area (Å²) in [6, 6.07) is 6.22. The van der Waals surface area contributed by atoms with Crippen molar-refractivity contribution in [3.63, 3.8) is 0 Å². The Bertz CT molecular complexity index is 937. The fourth-order valence-electron chi connectivity index (χ4n) is 2.24. The van der Waals surface area contributed by atoms with Crippen LogP contribution in [-0.2, 0) is 5.75 Å². The van der Waals surface area contributed by atoms with Crippen LogP contribution in [0.1, 0.15) is 40.6 Å². The van der Waals surface area contributed by atoms with E-state index in [1.807, 2.05) is 0 Å². The number of hydrogen-bond donors (Lipinski definition) is 1. The number of carbonyl (C=O) groups excluding carboxylic acids is 1. The Hall–Kier alpha value is -1.97. The van der Waals surface area contributed by atoms with E-state index in [0.29, 0.717) is 31.7 Å². The lowest BCUT2D eigenvalue weighted by atomic mass is 10.2. The molecule has 0 radical (unpaired) electrons. The minimum Gasteiger partial charge on any atom is -0.360 e. The van der Waals surface area contributed by atoms with E-state index in [1.165, 1.54) is 29.2 Å². The smallest absolute Gasteiger partial charge is 0.279 e. The summed E-state index contributed by atoms with van der Waals surface area (Å²) in [5, 5.41) is 15.0. The molecule has 1 saturated carbocycles. The Morgan fingerprint density at radius 1 is 1.42 bits per heavy atom. The summed E-state index contributed by atoms with van der Waals surface area (Å²) in [5.74, 6) is 0.692. The maximum Gasteiger partial charge on any atom is 0.279 e. The monoisotopic (exact) mass is 410 g/mol. The van der Waals surface area contributed by atoms with E-state index in [1.54, 1.807) is 18.2 Å². The van der Waals surface area contributed by atoms with E-state index in [2.05, 4.69) is 20.7 Å². The molecule has 1 amide bonds. The number of hydrogen-bond acceptors (Lipinski definition) is 7. The Kier molecular flexibility index (Phi) is 4.92. The van der Waals surface area contributed by atoms with Crippen molar-refractivity contribution in [3.8, 4) is 0 Å². The zero-order valence-corrected chi connectivity index (χ0v) is 15.6. The lowest BCUT2D eigenvalue weighted by Crippen LogP contribution is -2.11. The molecule has 2 heterocycles. The van der Waals surface area contributed by atoms with Gasteiger partial charge >= 0.3 is 0 Å². The fourth-order valence-corrected chi connectivity index (χ4v) is 4.33. The number of rotatable bonds is 6. The Morgan fingerprint density at radius 3 is 3.04 bits per heavy atom. The second-order valence-electron chi connectivity index (χ2n) is 5.70. The molecular weight excluding hydrogens is 399 g/mol. The van der Waals surface area contributed by atoms with Crippen LogP contribution < -0.4 is 5.32 Å². The van der Waals surface area contributed by atoms with Crippen molar-refractivity contribution < 1.29 is 13.7 Å². The van der Waals surface area contributed by atoms with Gasteiger partial charge in [0.2, 0.25) is 5.13 Å². The third-order valence-electron chi connectivity index (χ3n) is 3.77. The molecule has 1 aliphatic carbocycles. The van der Waals surface area contributed by atoms with E-state index in [-0.39, 0.29) is 11.5 Å². The first-order chi connectivity index (χ1) is 12.6. The average Bonchev–Trinajstić information content (AvgIpc) is 3.17. The molecule has 1 aromatic carbocycles. The molecule has 2 aromatic heterocycles. The van der Waals surface area contributed by atoms with Crippen LogP contribution in [0.25, 0.3) is 0 Å². The van der Waals surface area contributed by atoms with Gasteiger partial charge in [-0.05, 0) is 25.0 Å². The molecule has 0 saturated heterocycles. The van der Waals surface area contributed by atoms with E-state index >= 15 is 0 Å². The van der Waals surface area contributed by atoms with Crippen molar-refractivity contribution in [1.29, 1.82) is 0 Å². The standard InChI is InChI=1S/C16H12ClFN4O2S2/c17-10-2-1-3-11(18)9(10)7-25-16-21-20-15(26-16)19-14(23)12-6-13(24-22-12)8-4-5-8/h1-3,6,8H,4-5,7H2,(H,19,20,23). The number of amides is 1. The number of nitrogens with one attached hydrogen (secondary N) is 1. The average molecular weight is 411 g/mol. The molecule has 134 valence electrons. The van der Waals surface area contributed by atoms with Crippen LogP contribution in [0.3, 0.4) is 0 Å². The molecule has 1 N–H and O–H groups in total. The molecule has 26 heavy (non-hydrogen) atoms. The molecule has 1 fully saturated rings. The van der Waals surface area contributed by atoms with E-state index in [9.17, 15) is 9.18 Å². The lowest BCUT2D eigenvalue weighted by Gasteiger charge is -2.03. The summed E-state index contributed by atoms with van der Waals surface area (Å²) < 4.78 is 19.5. The van der Waals surface area contributed by atoms with Crippen molar-refractivity contribution in [2.75, 3.05) is 5.32 Å². The lowest BCUT2D eigenvalue weighted by molar-refractivity contribution is 0.101. The van der Waals surface area contributed by atoms with Gasteiger partial charge in [-0.3, -0.25) is 10.1 Å². The Morgan fingerprint density at radius 2 is 2.27 bits per heavy atom. The van der Waals surface area contributed by atoms with Gasteiger partial charge in [-0.15, -0.1) is 10.2 Å². The molecule has 3 aromatic rings. The minimum absolute atomic E-state index is 0.217. The molecule has 0 atom stereocenters. The molecular formula is C16H12ClFN4O2S2. The molecule has 10 heteroatoms. The highest BCUT2D eigenvalue weighted by molar-refractivity contribution is 8.00. The summed E-state index contributed by atoms with van der Waals surface area (Å²) in [5.41, 5.74) is 0.629. The van der Waals surface area contributed by atoms with Gasteiger partial charge in [0.05, 0.1) is 0 Å². The molecule has 6 nitrogen and oxygen atoms in total. The predicted octanol–water partition coefficient (Wildman–Crippen LogP) is 4.74. The number of benzene rings is 1. The van der Waals surface area contributed by atoms with Crippen LogP contribution in [0.2, 0.25) is 5.02 Å². The largest absolute Gasteiger partial charge is 0.360 e. The molecule has 0 aliphatic heterocycles. The van der Waals surface area contributed by atoms with Crippen molar-refractivity contribution in [1.82, 2.24) is 15.4 Å². The second kappa shape index (κ2) is 7.34. The van der Waals surface area contributed by atoms with Crippen molar-refractivity contribution >= 4 is 45.7 Å². The van der Waals surface area contributed by atoms with Gasteiger partial charge in [0.15, 0.2) is 10.0 Å². The highest BCUT2D eigenvalue weighted by Crippen LogP contribution is 2.40. The summed E-state index contributed by atoms with van der Waals surface area (Å²) in [4.78, 5) is 12.2. The van der Waals surface area contributed by atoms with Crippen LogP contribution in [0.5, 0.6) is 0 Å². The zero-order chi connectivity index (χ0) is 18.1. The topological polar surface area (TPSA) is 80.9 Å². The summed E-state index contributed by atoms with van der Waals surface area (Å²) in [6.07, 6.45) is 2.14. The molecule has 1 aliphatic rings. The quantitative estimate of drug-likeness (QED) is 0.467. The van der Waals surface area contributed by atoms with Crippen molar-refractivity contribution in [2.45, 2.75) is 28.9 Å². The molecule has 4 rings (SSSR count). The summed E-state index contributed by atoms with van der Waals surface area (Å²) >= 11 is 8.50. The second-order valence-corrected chi connectivity index (χ2v) is 8.31. The SMILES string of the molecule is O=C(Nc1nnc(SCc2c(F)cccc2Cl)s1)c1cc(C2CC2)on1. The molecule has 0 bridgehead atoms. The first kappa shape index (κ1) is 17.4. The van der Waals surface area contributed by atoms with Crippen LogP contribution in [0, 0.1) is 5.82 Å². The summed E-state index contributed by atoms with van der Waals surface area (Å²) in [6.45, 7) is 0. The highest BCUT2D eigenvalue weighted by atomic mass is 35.5. The fraction of sp³-hybridized carbons (Fsp3) is 0.250. The predicted molar refractivity (Wildman–Crippen MR) is 97.3 cm³/mol. The number of halogens is 2. The van der Waals surface area contributed by atoms with Gasteiger partial charge < -0.3 is 4.52 Å². The number of carbonyl (C=O) groups is 1. The highest BCUT2D eigenvalue weighted by Gasteiger charge is 2.29. The van der Waals surface area contributed by atoms with Crippen LogP contribution in [-0.4, -0.2) is 21.3 Å². The van der Waals surface area contributed by atoms with Crippen LogP contribution >= 0.6 is 34.7 Å². The van der Waals surface area contributed by atoms with Gasteiger partial charge in [0.1, 0.15) is 11.6 Å². The minimum atomic E-state index is -0.398. The number of thioether (sulfide) groups is 1. The first-order valence-electron chi connectivity index (χ1n) is 7.77. The Labute approximate surface area is 161 Å². The van der Waals surface area contributed by atoms with Gasteiger partial charge in [0.25, 0.3) is 5.91 Å². The van der Waals surface area contributed by atoms with Gasteiger partial charge in [-0.25, -0.2) is 4.39 Å². The summed E-state index contributed by atoms with van der Waals surface area (Å²) in [7, 11) is 0. The van der Waals surface area contributed by atoms with E-state index < -0.39 is 5.91 Å². The first-order valence-corrected chi connectivity index (χ1v) is 9.95. The zero-order valence-electron chi connectivity index (χ0n) is 13.2. The number of aromatic nitrogens is 3. The van der Waals surface area contributed by atoms with Crippen molar-refractivity contribution in [2.24, 2.45) is 0 Å². The number of nitrogens with zero attached hydrogens (tertiary/aromatic N) is 3. The third kappa shape index (κ3) is 3.89. The van der Waals surface area contributed by atoms with Gasteiger partial charge in [-0.1, -0.05) is 45.9 Å². The van der Waals surface area contributed by atoms with E-state index in [4.69, 9.17) is 16.1 Å². The normalized spacial score (nSPS) is 13.8. The number of anilines is 1. The van der Waals surface area contributed by atoms with Crippen molar-refractivity contribution in [3.05, 3.63) is 52.1 Å². The van der Waals surface area contributed by atoms with Crippen LogP contribution in [0.4, 0.5) is 9.52 Å². The molecule has 0 unspecified atom stereocenters. The maximum atomic E-state index is 13.8. The van der Waals surface area contributed by atoms with Gasteiger partial charge in [0, 0.05) is 28.3 Å². The maximum absolute atomic E-state index is 13.8. The van der Waals surface area contributed by atoms with Gasteiger partial charge in [-0.2, -0.15) is 0 Å². The Balaban J connectivity index is 1.37. The van der Waals surface area contributed by atoms with E-state index in [0.717, 1.165) is 18.6 Å². The third-order valence-corrected chi connectivity index (χ3v) is 6.12.